The van der Waals surface area contributed by atoms with E-state index in [0.717, 1.165) is 11.3 Å². The number of carboxylic acid groups (broad SMARTS) is 1. The summed E-state index contributed by atoms with van der Waals surface area (Å²) in [4.78, 5) is 37.2. The molecule has 1 aromatic heterocycles. The van der Waals surface area contributed by atoms with Gasteiger partial charge in [-0.2, -0.15) is 0 Å². The maximum atomic E-state index is 11.6. The van der Waals surface area contributed by atoms with Crippen LogP contribution in [-0.2, 0) is 9.59 Å². The molecular formula is C9H12N4O4S. The van der Waals surface area contributed by atoms with Crippen molar-refractivity contribution in [2.24, 2.45) is 0 Å². The van der Waals surface area contributed by atoms with Crippen LogP contribution in [0.3, 0.4) is 0 Å². The fraction of sp³-hybridized carbons (Fsp3) is 0.333. The number of nitrogens with two attached hydrogens (primary N) is 1. The number of nitrogen functional groups attached to an aromatic ring is 1. The van der Waals surface area contributed by atoms with Gasteiger partial charge in [0.2, 0.25) is 5.91 Å². The third-order valence-corrected chi connectivity index (χ3v) is 2.85. The van der Waals surface area contributed by atoms with Gasteiger partial charge in [-0.25, -0.2) is 4.98 Å². The monoisotopic (exact) mass is 272 g/mol. The van der Waals surface area contributed by atoms with Crippen molar-refractivity contribution in [1.29, 1.82) is 0 Å². The Morgan fingerprint density at radius 3 is 2.50 bits per heavy atom. The van der Waals surface area contributed by atoms with Crippen molar-refractivity contribution in [3.05, 3.63) is 10.6 Å². The number of nitrogens with zero attached hydrogens (tertiary/aromatic N) is 1. The van der Waals surface area contributed by atoms with Gasteiger partial charge in [-0.1, -0.05) is 11.3 Å². The van der Waals surface area contributed by atoms with E-state index in [1.807, 2.05) is 0 Å². The molecule has 0 bridgehead atoms. The summed E-state index contributed by atoms with van der Waals surface area (Å²) in [5, 5.41) is 13.1. The van der Waals surface area contributed by atoms with Gasteiger partial charge >= 0.3 is 5.97 Å². The molecule has 8 nitrogen and oxygen atoms in total. The number of carbonyl (C=O) groups excluding carboxylic acids is 2. The summed E-state index contributed by atoms with van der Waals surface area (Å²) in [6.45, 7) is 0.844. The van der Waals surface area contributed by atoms with Crippen LogP contribution in [0.5, 0.6) is 0 Å². The predicted molar refractivity (Wildman–Crippen MR) is 64.2 cm³/mol. The number of aryl methyl sites for hydroxylation is 1. The van der Waals surface area contributed by atoms with Gasteiger partial charge in [0, 0.05) is 0 Å². The van der Waals surface area contributed by atoms with E-state index in [1.165, 1.54) is 0 Å². The summed E-state index contributed by atoms with van der Waals surface area (Å²) in [5.41, 5.74) is 5.92. The number of hydrogen-bond acceptors (Lipinski definition) is 6. The van der Waals surface area contributed by atoms with Crippen molar-refractivity contribution in [3.63, 3.8) is 0 Å². The van der Waals surface area contributed by atoms with Gasteiger partial charge in [0.25, 0.3) is 5.91 Å². The Bertz CT molecular complexity index is 485. The van der Waals surface area contributed by atoms with Crippen molar-refractivity contribution in [1.82, 2.24) is 15.6 Å². The Balaban J connectivity index is 2.44. The van der Waals surface area contributed by atoms with Crippen molar-refractivity contribution in [2.45, 2.75) is 6.92 Å². The number of thiazole rings is 1. The number of anilines is 1. The second-order valence-corrected chi connectivity index (χ2v) is 4.35. The number of carboxylic acids is 1. The quantitative estimate of drug-likeness (QED) is 0.541. The van der Waals surface area contributed by atoms with E-state index in [1.54, 1.807) is 6.92 Å². The van der Waals surface area contributed by atoms with Crippen LogP contribution in [0, 0.1) is 6.92 Å². The molecule has 9 heteroatoms. The molecule has 0 aliphatic carbocycles. The van der Waals surface area contributed by atoms with E-state index in [-0.39, 0.29) is 11.7 Å². The highest BCUT2D eigenvalue weighted by Crippen LogP contribution is 2.18. The van der Waals surface area contributed by atoms with Crippen LogP contribution in [0.2, 0.25) is 0 Å². The summed E-state index contributed by atoms with van der Waals surface area (Å²) in [6, 6.07) is 0. The number of rotatable bonds is 5. The molecule has 0 unspecified atom stereocenters. The molecule has 0 aliphatic rings. The molecule has 0 aromatic carbocycles. The number of hydrogen-bond donors (Lipinski definition) is 4. The standard InChI is InChI=1S/C9H12N4O4S/c1-4-7(18-9(10)13-4)8(17)12-2-5(14)11-3-6(15)16/h2-3H2,1H3,(H2,10,13)(H,11,14)(H,12,17)(H,15,16). The lowest BCUT2D eigenvalue weighted by molar-refractivity contribution is -0.137. The molecule has 18 heavy (non-hydrogen) atoms. The van der Waals surface area contributed by atoms with Gasteiger partial charge in [-0.15, -0.1) is 0 Å². The number of nitrogens with one attached hydrogen (secondary N) is 2. The largest absolute Gasteiger partial charge is 0.480 e. The third-order valence-electron chi connectivity index (χ3n) is 1.87. The van der Waals surface area contributed by atoms with Crippen LogP contribution in [0.1, 0.15) is 15.4 Å². The van der Waals surface area contributed by atoms with Crippen molar-refractivity contribution in [2.75, 3.05) is 18.8 Å². The molecule has 5 N–H and O–H groups in total. The van der Waals surface area contributed by atoms with E-state index in [9.17, 15) is 14.4 Å². The molecular weight excluding hydrogens is 260 g/mol. The average Bonchev–Trinajstić information content (AvgIpc) is 2.62. The van der Waals surface area contributed by atoms with Crippen LogP contribution in [0.25, 0.3) is 0 Å². The lowest BCUT2D eigenvalue weighted by atomic mass is 10.3. The molecule has 0 atom stereocenters. The van der Waals surface area contributed by atoms with E-state index in [4.69, 9.17) is 10.8 Å². The second kappa shape index (κ2) is 5.96. The first kappa shape index (κ1) is 13.9. The first-order valence-corrected chi connectivity index (χ1v) is 5.71. The van der Waals surface area contributed by atoms with Gasteiger partial charge in [-0.3, -0.25) is 14.4 Å². The lowest BCUT2D eigenvalue weighted by Crippen LogP contribution is -2.38. The Morgan fingerprint density at radius 2 is 2.00 bits per heavy atom. The highest BCUT2D eigenvalue weighted by atomic mass is 32.1. The van der Waals surface area contributed by atoms with Crippen molar-refractivity contribution >= 4 is 34.3 Å². The van der Waals surface area contributed by atoms with Gasteiger partial charge < -0.3 is 21.5 Å². The molecule has 1 heterocycles. The maximum absolute atomic E-state index is 11.6. The summed E-state index contributed by atoms with van der Waals surface area (Å²) in [5.74, 6) is -2.20. The number of carbonyl (C=O) groups is 3. The van der Waals surface area contributed by atoms with Crippen LogP contribution in [-0.4, -0.2) is 41.0 Å². The summed E-state index contributed by atoms with van der Waals surface area (Å²) in [7, 11) is 0. The Morgan fingerprint density at radius 1 is 1.33 bits per heavy atom. The normalized spacial score (nSPS) is 9.83. The van der Waals surface area contributed by atoms with Gasteiger partial charge in [-0.05, 0) is 6.92 Å². The number of aliphatic carboxylic acids is 1. The highest BCUT2D eigenvalue weighted by molar-refractivity contribution is 7.17. The zero-order chi connectivity index (χ0) is 13.7. The molecule has 0 saturated heterocycles. The number of aromatic nitrogens is 1. The molecule has 98 valence electrons. The van der Waals surface area contributed by atoms with Gasteiger partial charge in [0.1, 0.15) is 11.4 Å². The molecule has 0 spiro atoms. The minimum atomic E-state index is -1.15. The Kier molecular flexibility index (Phi) is 4.60. The first-order valence-electron chi connectivity index (χ1n) is 4.89. The third kappa shape index (κ3) is 4.01. The zero-order valence-corrected chi connectivity index (χ0v) is 10.3. The molecule has 0 aliphatic heterocycles. The second-order valence-electron chi connectivity index (χ2n) is 3.32. The topological polar surface area (TPSA) is 134 Å². The van der Waals surface area contributed by atoms with Gasteiger partial charge in [0.15, 0.2) is 5.13 Å². The fourth-order valence-electron chi connectivity index (χ4n) is 1.11. The number of amides is 2. The van der Waals surface area contributed by atoms with Crippen molar-refractivity contribution < 1.29 is 19.5 Å². The van der Waals surface area contributed by atoms with Gasteiger partial charge in [0.05, 0.1) is 12.2 Å². The smallest absolute Gasteiger partial charge is 0.322 e. The molecule has 1 rings (SSSR count). The molecule has 0 fully saturated rings. The zero-order valence-electron chi connectivity index (χ0n) is 9.52. The van der Waals surface area contributed by atoms with Crippen LogP contribution in [0.15, 0.2) is 0 Å². The SMILES string of the molecule is Cc1nc(N)sc1C(=O)NCC(=O)NCC(=O)O. The Labute approximate surface area is 106 Å². The van der Waals surface area contributed by atoms with E-state index >= 15 is 0 Å². The highest BCUT2D eigenvalue weighted by Gasteiger charge is 2.14. The molecule has 0 radical (unpaired) electrons. The minimum Gasteiger partial charge on any atom is -0.480 e. The molecule has 0 saturated carbocycles. The molecule has 1 aromatic rings. The van der Waals surface area contributed by atoms with Crippen LogP contribution >= 0.6 is 11.3 Å². The average molecular weight is 272 g/mol. The fourth-order valence-corrected chi connectivity index (χ4v) is 1.86. The van der Waals surface area contributed by atoms with Crippen LogP contribution < -0.4 is 16.4 Å². The predicted octanol–water partition coefficient (Wildman–Crippen LogP) is -1.04. The lowest BCUT2D eigenvalue weighted by Gasteiger charge is -2.04. The van der Waals surface area contributed by atoms with E-state index < -0.39 is 24.3 Å². The van der Waals surface area contributed by atoms with Crippen molar-refractivity contribution in [3.8, 4) is 0 Å². The Hall–Kier alpha value is -2.16. The summed E-state index contributed by atoms with van der Waals surface area (Å²) >= 11 is 1.02. The first-order chi connectivity index (χ1) is 8.40. The van der Waals surface area contributed by atoms with E-state index in [2.05, 4.69) is 15.6 Å². The molecule has 2 amide bonds. The summed E-state index contributed by atoms with van der Waals surface area (Å²) in [6.07, 6.45) is 0. The minimum absolute atomic E-state index is 0.271. The van der Waals surface area contributed by atoms with Crippen LogP contribution in [0.4, 0.5) is 5.13 Å². The van der Waals surface area contributed by atoms with E-state index in [0.29, 0.717) is 10.6 Å². The maximum Gasteiger partial charge on any atom is 0.322 e. The summed E-state index contributed by atoms with van der Waals surface area (Å²) < 4.78 is 0.